The van der Waals surface area contributed by atoms with Gasteiger partial charge in [0.25, 0.3) is 5.91 Å². The molecule has 0 atom stereocenters. The monoisotopic (exact) mass is 388 g/mol. The van der Waals surface area contributed by atoms with E-state index in [0.29, 0.717) is 16.6 Å². The van der Waals surface area contributed by atoms with Gasteiger partial charge in [0.1, 0.15) is 5.56 Å². The molecule has 1 amide bonds. The van der Waals surface area contributed by atoms with Crippen LogP contribution < -0.4 is 10.1 Å². The maximum Gasteiger partial charge on any atom is 0.256 e. The van der Waals surface area contributed by atoms with Crippen LogP contribution in [0.4, 0.5) is 0 Å². The van der Waals surface area contributed by atoms with Crippen LogP contribution in [0.5, 0.6) is 5.88 Å². The predicted molar refractivity (Wildman–Crippen MR) is 111 cm³/mol. The first-order valence-electron chi connectivity index (χ1n) is 7.82. The lowest BCUT2D eigenvalue weighted by Crippen LogP contribution is -2.19. The van der Waals surface area contributed by atoms with E-state index in [9.17, 15) is 4.79 Å². The van der Waals surface area contributed by atoms with Gasteiger partial charge in [-0.2, -0.15) is 0 Å². The van der Waals surface area contributed by atoms with E-state index in [1.54, 1.807) is 31.3 Å². The van der Waals surface area contributed by atoms with Crippen molar-refractivity contribution in [2.24, 2.45) is 0 Å². The number of allylic oxidation sites excluding steroid dienone is 1. The molecule has 26 heavy (non-hydrogen) atoms. The maximum absolute atomic E-state index is 11.8. The molecule has 0 saturated carbocycles. The first kappa shape index (κ1) is 20.0. The number of hydrogen-bond donors (Lipinski definition) is 3. The van der Waals surface area contributed by atoms with Crippen molar-refractivity contribution in [1.29, 1.82) is 10.8 Å². The molecule has 2 heterocycles. The van der Waals surface area contributed by atoms with E-state index in [1.807, 2.05) is 11.8 Å². The number of thioether (sulfide) groups is 2. The third-order valence-corrected chi connectivity index (χ3v) is 4.93. The molecule has 0 fully saturated rings. The lowest BCUT2D eigenvalue weighted by Gasteiger charge is -2.09. The molecule has 136 valence electrons. The Balaban J connectivity index is 0.000000417. The van der Waals surface area contributed by atoms with Crippen LogP contribution in [0.15, 0.2) is 35.7 Å². The second-order valence-corrected chi connectivity index (χ2v) is 7.02. The molecule has 0 aliphatic carbocycles. The number of rotatable bonds is 4. The van der Waals surface area contributed by atoms with Crippen LogP contribution in [0, 0.1) is 10.8 Å². The molecular weight excluding hydrogens is 368 g/mol. The zero-order valence-corrected chi connectivity index (χ0v) is 16.2. The topological polar surface area (TPSA) is 98.9 Å². The molecule has 0 saturated heterocycles. The fourth-order valence-electron chi connectivity index (χ4n) is 2.21. The second-order valence-electron chi connectivity index (χ2n) is 5.13. The van der Waals surface area contributed by atoms with Crippen LogP contribution >= 0.6 is 23.5 Å². The van der Waals surface area contributed by atoms with Crippen LogP contribution in [-0.2, 0) is 0 Å². The fraction of sp³-hybridized carbons (Fsp3) is 0.222. The van der Waals surface area contributed by atoms with E-state index in [4.69, 9.17) is 15.6 Å². The molecular formula is C18H20N4O2S2. The summed E-state index contributed by atoms with van der Waals surface area (Å²) in [5.41, 5.74) is 2.77. The average Bonchev–Trinajstić information content (AvgIpc) is 3.26. The zero-order chi connectivity index (χ0) is 18.9. The van der Waals surface area contributed by atoms with E-state index in [0.717, 1.165) is 22.7 Å². The number of carbonyl (C=O) groups is 1. The molecule has 3 rings (SSSR count). The summed E-state index contributed by atoms with van der Waals surface area (Å²) in [6.45, 7) is 0. The molecule has 1 aliphatic heterocycles. The molecule has 1 aromatic carbocycles. The minimum Gasteiger partial charge on any atom is -0.480 e. The highest BCUT2D eigenvalue weighted by molar-refractivity contribution is 8.25. The van der Waals surface area contributed by atoms with Crippen molar-refractivity contribution in [2.75, 3.05) is 19.9 Å². The number of hydrogen-bond acceptors (Lipinski definition) is 7. The summed E-state index contributed by atoms with van der Waals surface area (Å²) in [6, 6.07) is 7.01. The highest BCUT2D eigenvalue weighted by Gasteiger charge is 2.14. The number of carbonyl (C=O) groups excluding carboxylic acids is 1. The summed E-state index contributed by atoms with van der Waals surface area (Å²) in [7, 11) is 3.00. The summed E-state index contributed by atoms with van der Waals surface area (Å²) in [5.74, 6) is 1.28. The van der Waals surface area contributed by atoms with Gasteiger partial charge in [0.15, 0.2) is 0 Å². The smallest absolute Gasteiger partial charge is 0.256 e. The number of pyridine rings is 1. The number of ether oxygens (including phenoxy) is 1. The van der Waals surface area contributed by atoms with E-state index in [-0.39, 0.29) is 16.8 Å². The maximum atomic E-state index is 11.8. The highest BCUT2D eigenvalue weighted by Crippen LogP contribution is 2.24. The van der Waals surface area contributed by atoms with Crippen LogP contribution in [0.2, 0.25) is 0 Å². The Morgan fingerprint density at radius 1 is 1.42 bits per heavy atom. The van der Waals surface area contributed by atoms with Crippen molar-refractivity contribution in [3.8, 4) is 5.88 Å². The Labute approximate surface area is 160 Å². The second kappa shape index (κ2) is 9.98. The molecule has 0 spiro atoms. The Morgan fingerprint density at radius 2 is 2.23 bits per heavy atom. The first-order valence-corrected chi connectivity index (χ1v) is 9.75. The van der Waals surface area contributed by atoms with Gasteiger partial charge in [-0.3, -0.25) is 10.2 Å². The molecule has 0 bridgehead atoms. The van der Waals surface area contributed by atoms with Gasteiger partial charge in [0.05, 0.1) is 23.2 Å². The van der Waals surface area contributed by atoms with Gasteiger partial charge in [0, 0.05) is 23.8 Å². The van der Waals surface area contributed by atoms with Crippen LogP contribution in [0.3, 0.4) is 0 Å². The van der Waals surface area contributed by atoms with Crippen molar-refractivity contribution in [1.82, 2.24) is 10.3 Å². The molecule has 0 unspecified atom stereocenters. The van der Waals surface area contributed by atoms with Crippen molar-refractivity contribution in [3.63, 3.8) is 0 Å². The lowest BCUT2D eigenvalue weighted by atomic mass is 10.1. The summed E-state index contributed by atoms with van der Waals surface area (Å²) in [4.78, 5) is 16.1. The van der Waals surface area contributed by atoms with E-state index in [1.165, 1.54) is 19.3 Å². The van der Waals surface area contributed by atoms with Crippen molar-refractivity contribution in [2.45, 2.75) is 6.42 Å². The third kappa shape index (κ3) is 5.09. The fourth-order valence-corrected chi connectivity index (χ4v) is 3.27. The van der Waals surface area contributed by atoms with Crippen LogP contribution in [0.25, 0.3) is 10.9 Å². The van der Waals surface area contributed by atoms with Crippen molar-refractivity contribution < 1.29 is 9.53 Å². The highest BCUT2D eigenvalue weighted by atomic mass is 32.2. The normalized spacial score (nSPS) is 12.2. The number of benzene rings is 1. The minimum absolute atomic E-state index is 0.241. The van der Waals surface area contributed by atoms with Crippen LogP contribution in [0.1, 0.15) is 22.3 Å². The minimum atomic E-state index is -0.266. The van der Waals surface area contributed by atoms with Gasteiger partial charge in [-0.15, -0.1) is 11.8 Å². The van der Waals surface area contributed by atoms with Crippen molar-refractivity contribution >= 4 is 50.9 Å². The van der Waals surface area contributed by atoms with Gasteiger partial charge < -0.3 is 15.5 Å². The SMILES string of the molecule is C1=CSCC1.CNC(=O)c1cc2ccc(C(=N)SC=N)cc2nc1OC. The third-order valence-electron chi connectivity index (χ3n) is 3.48. The number of amides is 1. The molecule has 3 N–H and O–H groups in total. The van der Waals surface area contributed by atoms with E-state index in [2.05, 4.69) is 21.8 Å². The Kier molecular flexibility index (Phi) is 7.68. The summed E-state index contributed by atoms with van der Waals surface area (Å²) in [5, 5.41) is 20.6. The standard InChI is InChI=1S/C14H14N4O2S.C4H6S/c1-17-13(19)10-5-8-3-4-9(12(16)21-7-15)6-11(8)18-14(10)20-2;1-2-4-5-3-1/h3-7,15-16H,1-2H3,(H,17,19);1,3H,2,4H2. The van der Waals surface area contributed by atoms with E-state index < -0.39 is 0 Å². The predicted octanol–water partition coefficient (Wildman–Crippen LogP) is 3.91. The molecule has 2 aromatic rings. The van der Waals surface area contributed by atoms with Gasteiger partial charge in [0.2, 0.25) is 5.88 Å². The van der Waals surface area contributed by atoms with Gasteiger partial charge in [-0.25, -0.2) is 4.98 Å². The summed E-state index contributed by atoms with van der Waals surface area (Å²) < 4.78 is 5.16. The number of aromatic nitrogens is 1. The average molecular weight is 389 g/mol. The number of nitrogens with zero attached hydrogens (tertiary/aromatic N) is 1. The quantitative estimate of drug-likeness (QED) is 0.545. The number of nitrogens with one attached hydrogen (secondary N) is 3. The van der Waals surface area contributed by atoms with Gasteiger partial charge in [-0.1, -0.05) is 30.0 Å². The Morgan fingerprint density at radius 3 is 2.77 bits per heavy atom. The van der Waals surface area contributed by atoms with E-state index >= 15 is 0 Å². The number of fused-ring (bicyclic) bond motifs is 1. The van der Waals surface area contributed by atoms with Gasteiger partial charge in [-0.05, 0) is 24.0 Å². The Hall–Kier alpha value is -2.32. The molecule has 6 nitrogen and oxygen atoms in total. The van der Waals surface area contributed by atoms with Crippen LogP contribution in [-0.4, -0.2) is 41.4 Å². The number of methoxy groups -OCH3 is 1. The molecule has 1 aliphatic rings. The molecule has 0 radical (unpaired) electrons. The molecule has 1 aromatic heterocycles. The lowest BCUT2D eigenvalue weighted by molar-refractivity contribution is 0.0959. The van der Waals surface area contributed by atoms with Gasteiger partial charge >= 0.3 is 0 Å². The first-order chi connectivity index (χ1) is 12.6. The molecule has 8 heteroatoms. The zero-order valence-electron chi connectivity index (χ0n) is 14.5. The van der Waals surface area contributed by atoms with Crippen molar-refractivity contribution in [3.05, 3.63) is 46.9 Å². The Bertz CT molecular complexity index is 846. The summed E-state index contributed by atoms with van der Waals surface area (Å²) >= 11 is 2.91. The largest absolute Gasteiger partial charge is 0.480 e. The summed E-state index contributed by atoms with van der Waals surface area (Å²) in [6.07, 6.45) is 3.48.